The van der Waals surface area contributed by atoms with Gasteiger partial charge in [-0.3, -0.25) is 4.79 Å². The van der Waals surface area contributed by atoms with E-state index in [4.69, 9.17) is 0 Å². The molecule has 0 atom stereocenters. The van der Waals surface area contributed by atoms with Crippen LogP contribution >= 0.6 is 15.9 Å². The second-order valence-electron chi connectivity index (χ2n) is 6.57. The molecule has 0 radical (unpaired) electrons. The fourth-order valence-corrected chi connectivity index (χ4v) is 3.29. The SMILES string of the molecule is O=C(Nc1ccccc1Nc1ccc(Br)cc1)c1ccc(-c2ccccc2)cc1. The fourth-order valence-electron chi connectivity index (χ4n) is 3.03. The zero-order valence-electron chi connectivity index (χ0n) is 15.6. The molecule has 4 heteroatoms. The predicted molar refractivity (Wildman–Crippen MR) is 124 cm³/mol. The third-order valence-corrected chi connectivity index (χ3v) is 5.08. The van der Waals surface area contributed by atoms with Gasteiger partial charge in [-0.25, -0.2) is 0 Å². The van der Waals surface area contributed by atoms with Crippen LogP contribution in [0.25, 0.3) is 11.1 Å². The predicted octanol–water partition coefficient (Wildman–Crippen LogP) is 7.11. The third kappa shape index (κ3) is 4.73. The number of benzene rings is 4. The first-order chi connectivity index (χ1) is 14.2. The average molecular weight is 443 g/mol. The number of amides is 1. The van der Waals surface area contributed by atoms with E-state index in [0.717, 1.165) is 32.7 Å². The molecule has 4 aromatic rings. The molecule has 0 saturated carbocycles. The Morgan fingerprint density at radius 2 is 1.21 bits per heavy atom. The van der Waals surface area contributed by atoms with Crippen molar-refractivity contribution in [3.63, 3.8) is 0 Å². The van der Waals surface area contributed by atoms with Gasteiger partial charge < -0.3 is 10.6 Å². The number of nitrogens with one attached hydrogen (secondary N) is 2. The fraction of sp³-hybridized carbons (Fsp3) is 0. The molecule has 3 nitrogen and oxygen atoms in total. The van der Waals surface area contributed by atoms with Crippen molar-refractivity contribution in [2.24, 2.45) is 0 Å². The zero-order valence-corrected chi connectivity index (χ0v) is 17.2. The van der Waals surface area contributed by atoms with Crippen LogP contribution in [0.5, 0.6) is 0 Å². The number of anilines is 3. The van der Waals surface area contributed by atoms with Crippen molar-refractivity contribution >= 4 is 38.9 Å². The minimum atomic E-state index is -0.144. The summed E-state index contributed by atoms with van der Waals surface area (Å²) >= 11 is 3.44. The highest BCUT2D eigenvalue weighted by Crippen LogP contribution is 2.27. The van der Waals surface area contributed by atoms with Crippen molar-refractivity contribution in [3.8, 4) is 11.1 Å². The van der Waals surface area contributed by atoms with E-state index >= 15 is 0 Å². The highest BCUT2D eigenvalue weighted by molar-refractivity contribution is 9.10. The summed E-state index contributed by atoms with van der Waals surface area (Å²) in [4.78, 5) is 12.8. The molecule has 0 aromatic heterocycles. The Bertz CT molecular complexity index is 1110. The Kier molecular flexibility index (Phi) is 5.73. The molecule has 0 fully saturated rings. The van der Waals surface area contributed by atoms with Crippen LogP contribution in [-0.4, -0.2) is 5.91 Å². The topological polar surface area (TPSA) is 41.1 Å². The number of carbonyl (C=O) groups excluding carboxylic acids is 1. The van der Waals surface area contributed by atoms with Gasteiger partial charge in [0.15, 0.2) is 0 Å². The number of hydrogen-bond acceptors (Lipinski definition) is 2. The van der Waals surface area contributed by atoms with Crippen LogP contribution in [0.1, 0.15) is 10.4 Å². The first-order valence-corrected chi connectivity index (χ1v) is 10.1. The Labute approximate surface area is 178 Å². The Morgan fingerprint density at radius 1 is 0.621 bits per heavy atom. The van der Waals surface area contributed by atoms with E-state index in [1.165, 1.54) is 0 Å². The summed E-state index contributed by atoms with van der Waals surface area (Å²) < 4.78 is 1.02. The summed E-state index contributed by atoms with van der Waals surface area (Å²) in [6.07, 6.45) is 0. The molecule has 0 spiro atoms. The van der Waals surface area contributed by atoms with E-state index in [0.29, 0.717) is 5.56 Å². The summed E-state index contributed by atoms with van der Waals surface area (Å²) in [6.45, 7) is 0. The Hall–Kier alpha value is -3.37. The normalized spacial score (nSPS) is 10.4. The molecular formula is C25H19BrN2O. The van der Waals surface area contributed by atoms with E-state index in [1.54, 1.807) is 0 Å². The summed E-state index contributed by atoms with van der Waals surface area (Å²) in [6, 6.07) is 33.3. The van der Waals surface area contributed by atoms with Crippen molar-refractivity contribution in [2.75, 3.05) is 10.6 Å². The van der Waals surface area contributed by atoms with Crippen molar-refractivity contribution in [2.45, 2.75) is 0 Å². The molecule has 1 amide bonds. The van der Waals surface area contributed by atoms with Crippen LogP contribution < -0.4 is 10.6 Å². The molecule has 4 aromatic carbocycles. The number of halogens is 1. The lowest BCUT2D eigenvalue weighted by molar-refractivity contribution is 0.102. The number of carbonyl (C=O) groups is 1. The van der Waals surface area contributed by atoms with Gasteiger partial charge in [0, 0.05) is 15.7 Å². The number of rotatable bonds is 5. The van der Waals surface area contributed by atoms with Crippen LogP contribution in [0.3, 0.4) is 0 Å². The number of hydrogen-bond donors (Lipinski definition) is 2. The molecule has 29 heavy (non-hydrogen) atoms. The van der Waals surface area contributed by atoms with Gasteiger partial charge in [0.25, 0.3) is 5.91 Å². The van der Waals surface area contributed by atoms with Crippen molar-refractivity contribution in [1.29, 1.82) is 0 Å². The van der Waals surface area contributed by atoms with E-state index < -0.39 is 0 Å². The van der Waals surface area contributed by atoms with Gasteiger partial charge in [-0.2, -0.15) is 0 Å². The van der Waals surface area contributed by atoms with Crippen LogP contribution in [0, 0.1) is 0 Å². The van der Waals surface area contributed by atoms with Gasteiger partial charge in [-0.1, -0.05) is 70.5 Å². The first kappa shape index (κ1) is 19.0. The maximum atomic E-state index is 12.8. The zero-order chi connectivity index (χ0) is 20.1. The summed E-state index contributed by atoms with van der Waals surface area (Å²) in [5.41, 5.74) is 5.34. The van der Waals surface area contributed by atoms with Gasteiger partial charge in [0.1, 0.15) is 0 Å². The first-order valence-electron chi connectivity index (χ1n) is 9.27. The van der Waals surface area contributed by atoms with Crippen LogP contribution in [0.2, 0.25) is 0 Å². The van der Waals surface area contributed by atoms with Gasteiger partial charge in [-0.05, 0) is 59.7 Å². The Balaban J connectivity index is 1.50. The van der Waals surface area contributed by atoms with Gasteiger partial charge >= 0.3 is 0 Å². The minimum absolute atomic E-state index is 0.144. The molecule has 0 unspecified atom stereocenters. The molecule has 0 aliphatic heterocycles. The second kappa shape index (κ2) is 8.76. The smallest absolute Gasteiger partial charge is 0.255 e. The highest BCUT2D eigenvalue weighted by atomic mass is 79.9. The molecule has 2 N–H and O–H groups in total. The molecule has 0 aliphatic rings. The quantitative estimate of drug-likeness (QED) is 0.345. The lowest BCUT2D eigenvalue weighted by atomic mass is 10.0. The minimum Gasteiger partial charge on any atom is -0.354 e. The van der Waals surface area contributed by atoms with E-state index in [1.807, 2.05) is 91.0 Å². The van der Waals surface area contributed by atoms with Crippen molar-refractivity contribution in [3.05, 3.63) is 113 Å². The summed E-state index contributed by atoms with van der Waals surface area (Å²) in [5.74, 6) is -0.144. The lowest BCUT2D eigenvalue weighted by Crippen LogP contribution is -2.13. The van der Waals surface area contributed by atoms with E-state index in [2.05, 4.69) is 38.7 Å². The second-order valence-corrected chi connectivity index (χ2v) is 7.49. The maximum Gasteiger partial charge on any atom is 0.255 e. The average Bonchev–Trinajstić information content (AvgIpc) is 2.77. The lowest BCUT2D eigenvalue weighted by Gasteiger charge is -2.13. The van der Waals surface area contributed by atoms with Crippen LogP contribution in [0.15, 0.2) is 108 Å². The largest absolute Gasteiger partial charge is 0.354 e. The molecule has 4 rings (SSSR count). The third-order valence-electron chi connectivity index (χ3n) is 4.55. The van der Waals surface area contributed by atoms with Crippen molar-refractivity contribution < 1.29 is 4.79 Å². The Morgan fingerprint density at radius 3 is 1.90 bits per heavy atom. The van der Waals surface area contributed by atoms with Gasteiger partial charge in [0.05, 0.1) is 11.4 Å². The molecule has 0 bridgehead atoms. The van der Waals surface area contributed by atoms with Crippen LogP contribution in [0.4, 0.5) is 17.1 Å². The molecule has 0 heterocycles. The monoisotopic (exact) mass is 442 g/mol. The van der Waals surface area contributed by atoms with Gasteiger partial charge in [-0.15, -0.1) is 0 Å². The molecule has 0 aliphatic carbocycles. The highest BCUT2D eigenvalue weighted by Gasteiger charge is 2.10. The summed E-state index contributed by atoms with van der Waals surface area (Å²) in [5, 5.41) is 6.36. The molecular weight excluding hydrogens is 424 g/mol. The van der Waals surface area contributed by atoms with Crippen LogP contribution in [-0.2, 0) is 0 Å². The van der Waals surface area contributed by atoms with E-state index in [9.17, 15) is 4.79 Å². The van der Waals surface area contributed by atoms with Gasteiger partial charge in [0.2, 0.25) is 0 Å². The standard InChI is InChI=1S/C25H19BrN2O/c26-21-14-16-22(17-15-21)27-23-8-4-5-9-24(23)28-25(29)20-12-10-19(11-13-20)18-6-2-1-3-7-18/h1-17,27H,(H,28,29). The maximum absolute atomic E-state index is 12.8. The summed E-state index contributed by atoms with van der Waals surface area (Å²) in [7, 11) is 0. The molecule has 142 valence electrons. The van der Waals surface area contributed by atoms with Crippen molar-refractivity contribution in [1.82, 2.24) is 0 Å². The number of para-hydroxylation sites is 2. The van der Waals surface area contributed by atoms with E-state index in [-0.39, 0.29) is 5.91 Å². The molecule has 0 saturated heterocycles.